The Morgan fingerprint density at radius 2 is 1.59 bits per heavy atom. The van der Waals surface area contributed by atoms with Gasteiger partial charge in [0.25, 0.3) is 17.7 Å². The van der Waals surface area contributed by atoms with Gasteiger partial charge in [0.2, 0.25) is 0 Å². The Hall–Kier alpha value is -2.11. The third-order valence-corrected chi connectivity index (χ3v) is 9.42. The van der Waals surface area contributed by atoms with Gasteiger partial charge in [0.1, 0.15) is 0 Å². The van der Waals surface area contributed by atoms with Crippen LogP contribution in [0.15, 0.2) is 18.2 Å². The lowest BCUT2D eigenvalue weighted by Crippen LogP contribution is -2.62. The molecule has 0 bridgehead atoms. The smallest absolute Gasteiger partial charge is 0.377 e. The SMILES string of the molecule is CO[Si](CCCNC(=O)c1ccc2c(c1)C(=O)N(C1CC(C)(C)NC(C)(C)C1)C2=O)(OC)OC. The van der Waals surface area contributed by atoms with Crippen LogP contribution >= 0.6 is 0 Å². The Morgan fingerprint density at radius 3 is 2.15 bits per heavy atom. The van der Waals surface area contributed by atoms with Crippen LogP contribution in [0.25, 0.3) is 0 Å². The number of benzene rings is 1. The lowest BCUT2D eigenvalue weighted by molar-refractivity contribution is 0.0412. The van der Waals surface area contributed by atoms with Crippen LogP contribution < -0.4 is 10.6 Å². The van der Waals surface area contributed by atoms with Crippen LogP contribution in [0, 0.1) is 0 Å². The molecular formula is C24H37N3O6Si. The summed E-state index contributed by atoms with van der Waals surface area (Å²) in [6, 6.07) is 5.06. The van der Waals surface area contributed by atoms with E-state index in [-0.39, 0.29) is 40.4 Å². The maximum absolute atomic E-state index is 13.3. The first-order chi connectivity index (χ1) is 15.9. The molecular weight excluding hydrogens is 454 g/mol. The molecule has 2 aliphatic heterocycles. The molecule has 1 aromatic carbocycles. The first-order valence-corrected chi connectivity index (χ1v) is 13.6. The van der Waals surface area contributed by atoms with Crippen LogP contribution in [0.2, 0.25) is 6.04 Å². The van der Waals surface area contributed by atoms with Crippen molar-refractivity contribution >= 4 is 26.5 Å². The number of hydrogen-bond donors (Lipinski definition) is 2. The van der Waals surface area contributed by atoms with Gasteiger partial charge in [-0.05, 0) is 65.2 Å². The van der Waals surface area contributed by atoms with Gasteiger partial charge in [-0.1, -0.05) is 0 Å². The van der Waals surface area contributed by atoms with Gasteiger partial charge in [-0.2, -0.15) is 0 Å². The van der Waals surface area contributed by atoms with E-state index in [1.807, 2.05) is 0 Å². The fourth-order valence-electron chi connectivity index (χ4n) is 5.35. The zero-order chi connectivity index (χ0) is 25.3. The second-order valence-electron chi connectivity index (χ2n) is 10.4. The highest BCUT2D eigenvalue weighted by atomic mass is 28.4. The van der Waals surface area contributed by atoms with Crippen LogP contribution in [0.3, 0.4) is 0 Å². The van der Waals surface area contributed by atoms with Crippen molar-refractivity contribution < 1.29 is 27.7 Å². The molecule has 3 amide bonds. The molecule has 3 rings (SSSR count). The summed E-state index contributed by atoms with van der Waals surface area (Å²) < 4.78 is 16.2. The van der Waals surface area contributed by atoms with Crippen LogP contribution in [0.4, 0.5) is 0 Å². The van der Waals surface area contributed by atoms with E-state index in [4.69, 9.17) is 13.3 Å². The molecule has 0 radical (unpaired) electrons. The predicted octanol–water partition coefficient (Wildman–Crippen LogP) is 2.59. The molecule has 0 atom stereocenters. The Labute approximate surface area is 202 Å². The van der Waals surface area contributed by atoms with Gasteiger partial charge in [-0.15, -0.1) is 0 Å². The van der Waals surface area contributed by atoms with Crippen molar-refractivity contribution in [3.05, 3.63) is 34.9 Å². The number of carbonyl (C=O) groups excluding carboxylic acids is 3. The number of hydrogen-bond acceptors (Lipinski definition) is 7. The molecule has 2 N–H and O–H groups in total. The predicted molar refractivity (Wildman–Crippen MR) is 130 cm³/mol. The minimum atomic E-state index is -2.69. The average Bonchev–Trinajstić information content (AvgIpc) is 3.01. The van der Waals surface area contributed by atoms with Crippen LogP contribution in [-0.2, 0) is 13.3 Å². The van der Waals surface area contributed by atoms with E-state index in [1.54, 1.807) is 33.5 Å². The summed E-state index contributed by atoms with van der Waals surface area (Å²) in [6.07, 6.45) is 1.96. The van der Waals surface area contributed by atoms with E-state index >= 15 is 0 Å². The molecule has 2 heterocycles. The number of amides is 3. The van der Waals surface area contributed by atoms with Crippen LogP contribution in [0.1, 0.15) is 78.0 Å². The molecule has 1 saturated heterocycles. The van der Waals surface area contributed by atoms with Crippen molar-refractivity contribution in [3.63, 3.8) is 0 Å². The summed E-state index contributed by atoms with van der Waals surface area (Å²) in [5.41, 5.74) is 0.577. The summed E-state index contributed by atoms with van der Waals surface area (Å²) in [4.78, 5) is 40.5. The normalized spacial score (nSPS) is 19.9. The van der Waals surface area contributed by atoms with Crippen molar-refractivity contribution in [3.8, 4) is 0 Å². The molecule has 1 fully saturated rings. The number of imide groups is 1. The monoisotopic (exact) mass is 491 g/mol. The van der Waals surface area contributed by atoms with Gasteiger partial charge in [0.15, 0.2) is 0 Å². The number of carbonyl (C=O) groups is 3. The van der Waals surface area contributed by atoms with E-state index in [2.05, 4.69) is 38.3 Å². The van der Waals surface area contributed by atoms with Gasteiger partial charge in [-0.3, -0.25) is 19.3 Å². The lowest BCUT2D eigenvalue weighted by Gasteiger charge is -2.48. The molecule has 9 nitrogen and oxygen atoms in total. The second-order valence-corrected chi connectivity index (χ2v) is 13.4. The van der Waals surface area contributed by atoms with Crippen molar-refractivity contribution in [1.82, 2.24) is 15.5 Å². The zero-order valence-corrected chi connectivity index (χ0v) is 22.2. The Bertz CT molecular complexity index is 936. The number of piperidine rings is 1. The molecule has 0 aromatic heterocycles. The fourth-order valence-corrected chi connectivity index (χ4v) is 7.07. The third kappa shape index (κ3) is 5.41. The summed E-state index contributed by atoms with van der Waals surface area (Å²) >= 11 is 0. The highest BCUT2D eigenvalue weighted by Crippen LogP contribution is 2.36. The van der Waals surface area contributed by atoms with E-state index in [1.165, 1.54) is 11.0 Å². The molecule has 1 aromatic rings. The van der Waals surface area contributed by atoms with Gasteiger partial charge in [0.05, 0.1) is 11.1 Å². The first kappa shape index (κ1) is 26.5. The van der Waals surface area contributed by atoms with Gasteiger partial charge in [0, 0.05) is 56.6 Å². The fraction of sp³-hybridized carbons (Fsp3) is 0.625. The molecule has 0 saturated carbocycles. The molecule has 10 heteroatoms. The number of fused-ring (bicyclic) bond motifs is 1. The Morgan fingerprint density at radius 1 is 1.03 bits per heavy atom. The molecule has 34 heavy (non-hydrogen) atoms. The van der Waals surface area contributed by atoms with E-state index in [0.29, 0.717) is 43.0 Å². The Kier molecular flexibility index (Phi) is 7.69. The van der Waals surface area contributed by atoms with Gasteiger partial charge in [-0.25, -0.2) is 0 Å². The zero-order valence-electron chi connectivity index (χ0n) is 21.2. The largest absolute Gasteiger partial charge is 0.500 e. The molecule has 188 valence electrons. The number of nitrogens with zero attached hydrogens (tertiary/aromatic N) is 1. The highest BCUT2D eigenvalue weighted by Gasteiger charge is 2.47. The van der Waals surface area contributed by atoms with E-state index < -0.39 is 8.80 Å². The standard InChI is InChI=1S/C24H37N3O6Si/c1-23(2)14-17(15-24(3,4)26-23)27-21(29)18-10-9-16(13-19(18)22(27)30)20(28)25-11-8-12-34(31-5,32-6)33-7/h9-10,13,17,26H,8,11-12,14-15H2,1-7H3,(H,25,28). The van der Waals surface area contributed by atoms with E-state index in [0.717, 1.165) is 0 Å². The molecule has 0 aliphatic carbocycles. The first-order valence-electron chi connectivity index (χ1n) is 11.6. The molecule has 0 unspecified atom stereocenters. The van der Waals surface area contributed by atoms with Crippen molar-refractivity contribution in [2.24, 2.45) is 0 Å². The summed E-state index contributed by atoms with van der Waals surface area (Å²) in [7, 11) is 1.97. The van der Waals surface area contributed by atoms with Crippen molar-refractivity contribution in [1.29, 1.82) is 0 Å². The summed E-state index contributed by atoms with van der Waals surface area (Å²) in [6.45, 7) is 8.73. The average molecular weight is 492 g/mol. The molecule has 0 spiro atoms. The van der Waals surface area contributed by atoms with Crippen molar-refractivity contribution in [2.45, 2.75) is 70.1 Å². The minimum Gasteiger partial charge on any atom is -0.377 e. The maximum atomic E-state index is 13.3. The van der Waals surface area contributed by atoms with Crippen LogP contribution in [-0.4, -0.2) is 76.4 Å². The summed E-state index contributed by atoms with van der Waals surface area (Å²) in [5.74, 6) is -0.917. The maximum Gasteiger partial charge on any atom is 0.500 e. The quantitative estimate of drug-likeness (QED) is 0.311. The minimum absolute atomic E-state index is 0.206. The second kappa shape index (κ2) is 9.86. The molecule has 2 aliphatic rings. The number of rotatable bonds is 9. The van der Waals surface area contributed by atoms with Gasteiger partial charge < -0.3 is 23.9 Å². The Balaban J connectivity index is 1.69. The van der Waals surface area contributed by atoms with Crippen molar-refractivity contribution in [2.75, 3.05) is 27.9 Å². The highest BCUT2D eigenvalue weighted by molar-refractivity contribution is 6.60. The van der Waals surface area contributed by atoms with Crippen LogP contribution in [0.5, 0.6) is 0 Å². The topological polar surface area (TPSA) is 106 Å². The third-order valence-electron chi connectivity index (χ3n) is 6.59. The van der Waals surface area contributed by atoms with E-state index in [9.17, 15) is 14.4 Å². The van der Waals surface area contributed by atoms with Gasteiger partial charge >= 0.3 is 8.80 Å². The lowest BCUT2D eigenvalue weighted by atomic mass is 9.79. The number of nitrogens with one attached hydrogen (secondary N) is 2. The summed E-state index contributed by atoms with van der Waals surface area (Å²) in [5, 5.41) is 6.44.